The molecule has 1 aliphatic carbocycles. The largest absolute Gasteiger partial charge is 0.673 e. The summed E-state index contributed by atoms with van der Waals surface area (Å²) in [6, 6.07) is 31.2. The Morgan fingerprint density at radius 3 is 1.16 bits per heavy atom. The van der Waals surface area contributed by atoms with Crippen molar-refractivity contribution >= 4 is 57.6 Å². The molecule has 1 heterocycles. The van der Waals surface area contributed by atoms with Crippen LogP contribution in [-0.4, -0.2) is 25.4 Å². The van der Waals surface area contributed by atoms with Gasteiger partial charge in [0.05, 0.1) is 30.0 Å². The van der Waals surface area contributed by atoms with Crippen LogP contribution in [-0.2, 0) is 46.3 Å². The van der Waals surface area contributed by atoms with Crippen molar-refractivity contribution in [1.29, 1.82) is 0 Å². The van der Waals surface area contributed by atoms with E-state index >= 15 is 0 Å². The third kappa shape index (κ3) is 19.2. The van der Waals surface area contributed by atoms with Crippen LogP contribution in [0.4, 0.5) is 17.3 Å². The molecule has 6 rings (SSSR count). The maximum absolute atomic E-state index is 9.75. The maximum atomic E-state index is 9.75. The van der Waals surface area contributed by atoms with E-state index in [2.05, 4.69) is 192 Å². The number of hydrogen-bond donors (Lipinski definition) is 0. The molecule has 4 aromatic carbocycles. The first-order valence-corrected chi connectivity index (χ1v) is 25.8. The predicted octanol–water partition coefficient (Wildman–Crippen LogP) is 16.5. The molecule has 1 aliphatic heterocycles. The van der Waals surface area contributed by atoms with E-state index in [1.54, 1.807) is 0 Å². The Morgan fingerprint density at radius 2 is 0.875 bits per heavy atom. The van der Waals surface area contributed by atoms with E-state index in [0.717, 1.165) is 28.8 Å². The van der Waals surface area contributed by atoms with Gasteiger partial charge >= 0.3 is 15.9 Å². The van der Waals surface area contributed by atoms with Gasteiger partial charge in [0.1, 0.15) is 6.61 Å². The fourth-order valence-electron chi connectivity index (χ4n) is 6.93. The van der Waals surface area contributed by atoms with Crippen molar-refractivity contribution in [1.82, 2.24) is 0 Å². The third-order valence-electron chi connectivity index (χ3n) is 10.3. The van der Waals surface area contributed by atoms with Crippen LogP contribution >= 0.6 is 39.7 Å². The minimum atomic E-state index is -6.00. The standard InChI is InChI=1S/C42H55O3P2.C8H12.CH2Cl2.BF4.Ir/c1-39(2,3)29-25-33-34-26-30(40(4,5)6)28-36(42(10,11)12)38(34)45-47(44-37(33)35(27-29)41(7,8)9)43-23-24-46(31-19-15-13-16-20-31)32-21-17-14-18-22-32;1-2-4-6-8-7-5-3-1;2-1-3;2-1(3,4)5;/h13-22,25-28,47H,23-24H2,1-12H3;1-2,7-8H,3-6H2;1H2;;/q+1;;;-1;/p+1/b;2-1-,8-7-;;;. The van der Waals surface area contributed by atoms with Crippen molar-refractivity contribution in [3.8, 4) is 22.6 Å². The summed E-state index contributed by atoms with van der Waals surface area (Å²) < 4.78 is 59.8. The predicted molar refractivity (Wildman–Crippen MR) is 271 cm³/mol. The van der Waals surface area contributed by atoms with Gasteiger partial charge in [0.2, 0.25) is 0 Å². The summed E-state index contributed by atoms with van der Waals surface area (Å²) >= 11 is 9.53. The Hall–Kier alpha value is -2.21. The molecule has 1 radical (unpaired) electrons. The minimum absolute atomic E-state index is 0. The SMILES string of the molecule is C1=C\CC/C=C\CC/1.CC(C)(C)c1cc2c(c(C(C)(C)C)c1)O[PH+](OCC[PH+](c1ccccc1)c1ccccc1)Oc1c-2cc(C(C)(C)C)cc1C(C)(C)C.ClCCl.F[B-](F)(F)F.[Ir]. The van der Waals surface area contributed by atoms with Gasteiger partial charge in [-0.3, -0.25) is 9.05 Å². The Labute approximate surface area is 408 Å². The van der Waals surface area contributed by atoms with Crippen molar-refractivity contribution in [2.75, 3.05) is 18.1 Å². The summed E-state index contributed by atoms with van der Waals surface area (Å²) in [5.41, 5.74) is 6.84. The molecule has 0 unspecified atom stereocenters. The van der Waals surface area contributed by atoms with Gasteiger partial charge in [-0.1, -0.05) is 156 Å². The normalized spacial score (nSPS) is 15.2. The minimum Gasteiger partial charge on any atom is -0.418 e. The summed E-state index contributed by atoms with van der Waals surface area (Å²) in [6.45, 7) is 28.0. The topological polar surface area (TPSA) is 27.7 Å². The molecule has 0 bridgehead atoms. The second-order valence-electron chi connectivity index (χ2n) is 19.8. The summed E-state index contributed by atoms with van der Waals surface area (Å²) in [5.74, 6) is 1.81. The van der Waals surface area contributed by atoms with Crippen molar-refractivity contribution in [3.05, 3.63) is 131 Å². The molecule has 13 heteroatoms. The number of rotatable bonds is 6. The summed E-state index contributed by atoms with van der Waals surface area (Å²) in [6.07, 6.45) is 14.9. The Bertz CT molecular complexity index is 1920. The number of benzene rings is 4. The van der Waals surface area contributed by atoms with Crippen molar-refractivity contribution in [2.45, 2.75) is 130 Å². The van der Waals surface area contributed by atoms with Crippen LogP contribution in [0.1, 0.15) is 131 Å². The van der Waals surface area contributed by atoms with Crippen LogP contribution in [0.25, 0.3) is 11.1 Å². The van der Waals surface area contributed by atoms with Crippen LogP contribution in [0.15, 0.2) is 109 Å². The number of alkyl halides is 2. The molecular formula is C51H70BCl2F4IrO3P2+. The first kappa shape index (κ1) is 57.9. The molecule has 0 N–H and O–H groups in total. The van der Waals surface area contributed by atoms with Crippen LogP contribution in [0, 0.1) is 0 Å². The molecule has 3 nitrogen and oxygen atoms in total. The van der Waals surface area contributed by atoms with Gasteiger partial charge < -0.3 is 17.3 Å². The fraction of sp³-hybridized carbons (Fsp3) is 0.451. The maximum Gasteiger partial charge on any atom is 0.673 e. The van der Waals surface area contributed by atoms with E-state index in [1.807, 2.05) is 0 Å². The second-order valence-corrected chi connectivity index (χ2v) is 24.4. The average molecular weight is 1140 g/mol. The first-order valence-electron chi connectivity index (χ1n) is 21.8. The van der Waals surface area contributed by atoms with Crippen LogP contribution in [0.3, 0.4) is 0 Å². The number of hydrogen-bond acceptors (Lipinski definition) is 3. The molecule has 0 saturated carbocycles. The van der Waals surface area contributed by atoms with Crippen LogP contribution in [0.5, 0.6) is 11.5 Å². The van der Waals surface area contributed by atoms with E-state index in [1.165, 1.54) is 58.5 Å². The molecule has 0 atom stereocenters. The van der Waals surface area contributed by atoms with Crippen molar-refractivity contribution < 1.29 is 50.9 Å². The molecule has 0 amide bonds. The van der Waals surface area contributed by atoms with Gasteiger partial charge in [-0.15, -0.1) is 23.2 Å². The van der Waals surface area contributed by atoms with E-state index < -0.39 is 23.8 Å². The number of fused-ring (bicyclic) bond motifs is 3. The third-order valence-corrected chi connectivity index (χ3v) is 14.3. The Kier molecular flexibility index (Phi) is 23.3. The fourth-order valence-corrected chi connectivity index (χ4v) is 10.7. The summed E-state index contributed by atoms with van der Waals surface area (Å²) in [5, 5.41) is 2.97. The summed E-state index contributed by atoms with van der Waals surface area (Å²) in [4.78, 5) is 0. The monoisotopic (exact) mass is 1140 g/mol. The summed E-state index contributed by atoms with van der Waals surface area (Å²) in [7, 11) is -9.26. The van der Waals surface area contributed by atoms with Crippen molar-refractivity contribution in [2.24, 2.45) is 0 Å². The first-order chi connectivity index (χ1) is 29.3. The van der Waals surface area contributed by atoms with Crippen LogP contribution < -0.4 is 19.7 Å². The zero-order valence-electron chi connectivity index (χ0n) is 39.7. The van der Waals surface area contributed by atoms with Gasteiger partial charge in [0, 0.05) is 42.4 Å². The second kappa shape index (κ2) is 25.8. The van der Waals surface area contributed by atoms with Crippen LogP contribution in [0.2, 0.25) is 0 Å². The molecule has 0 saturated heterocycles. The molecule has 0 spiro atoms. The number of allylic oxidation sites excluding steroid dienone is 4. The van der Waals surface area contributed by atoms with E-state index in [4.69, 9.17) is 36.8 Å². The molecular weight excluding hydrogens is 1070 g/mol. The Morgan fingerprint density at radius 1 is 0.562 bits per heavy atom. The van der Waals surface area contributed by atoms with Gasteiger partial charge in [0.25, 0.3) is 0 Å². The van der Waals surface area contributed by atoms with Gasteiger partial charge in [-0.05, 0) is 94.9 Å². The average Bonchev–Trinajstić information content (AvgIpc) is 3.31. The van der Waals surface area contributed by atoms with E-state index in [-0.39, 0.29) is 47.1 Å². The smallest absolute Gasteiger partial charge is 0.418 e. The van der Waals surface area contributed by atoms with Crippen molar-refractivity contribution in [3.63, 3.8) is 0 Å². The molecule has 64 heavy (non-hydrogen) atoms. The van der Waals surface area contributed by atoms with Gasteiger partial charge in [-0.2, -0.15) is 4.52 Å². The zero-order valence-corrected chi connectivity index (χ0v) is 45.7. The molecule has 0 fully saturated rings. The zero-order chi connectivity index (χ0) is 47.2. The van der Waals surface area contributed by atoms with Gasteiger partial charge in [0.15, 0.2) is 11.5 Å². The quantitative estimate of drug-likeness (QED) is 0.0633. The molecule has 4 aromatic rings. The molecule has 0 aromatic heterocycles. The van der Waals surface area contributed by atoms with E-state index in [0.29, 0.717) is 6.61 Å². The van der Waals surface area contributed by atoms with E-state index in [9.17, 15) is 17.3 Å². The number of halogens is 6. The Balaban J connectivity index is 0.000000703. The molecule has 355 valence electrons. The van der Waals surface area contributed by atoms with Gasteiger partial charge in [-0.25, -0.2) is 0 Å². The molecule has 2 aliphatic rings.